The molecule has 122 valence electrons. The molecule has 0 amide bonds. The number of nitrogens with zero attached hydrogens (tertiary/aromatic N) is 4. The van der Waals surface area contributed by atoms with E-state index in [1.54, 1.807) is 0 Å². The highest BCUT2D eigenvalue weighted by atomic mass is 35.5. The Hall–Kier alpha value is -2.09. The van der Waals surface area contributed by atoms with Crippen molar-refractivity contribution >= 4 is 29.1 Å². The van der Waals surface area contributed by atoms with Gasteiger partial charge in [0.2, 0.25) is 5.95 Å². The summed E-state index contributed by atoms with van der Waals surface area (Å²) in [6.45, 7) is 1.71. The van der Waals surface area contributed by atoms with Crippen molar-refractivity contribution in [2.45, 2.75) is 19.0 Å². The lowest BCUT2D eigenvalue weighted by atomic mass is 10.1. The van der Waals surface area contributed by atoms with Gasteiger partial charge in [-0.1, -0.05) is 11.6 Å². The third-order valence-corrected chi connectivity index (χ3v) is 3.74. The van der Waals surface area contributed by atoms with Crippen LogP contribution in [0.25, 0.3) is 0 Å². The van der Waals surface area contributed by atoms with Crippen LogP contribution in [0.5, 0.6) is 0 Å². The van der Waals surface area contributed by atoms with E-state index in [0.29, 0.717) is 5.82 Å². The fourth-order valence-electron chi connectivity index (χ4n) is 2.43. The molecule has 2 heterocycles. The number of hydrogen-bond donors (Lipinski definition) is 1. The van der Waals surface area contributed by atoms with Gasteiger partial charge in [0.1, 0.15) is 0 Å². The van der Waals surface area contributed by atoms with Gasteiger partial charge < -0.3 is 10.2 Å². The zero-order valence-electron chi connectivity index (χ0n) is 11.9. The number of anilines is 3. The first-order valence-electron chi connectivity index (χ1n) is 7.02. The molecule has 1 saturated heterocycles. The predicted octanol–water partition coefficient (Wildman–Crippen LogP) is 3.89. The zero-order chi connectivity index (χ0) is 16.4. The summed E-state index contributed by atoms with van der Waals surface area (Å²) in [7, 11) is 0. The molecular formula is C14H13ClF3N5. The SMILES string of the molecule is FC(F)(F)c1cc(Cl)ccc1Nc1nncc(N2CCCC2)n1. The van der Waals surface area contributed by atoms with Gasteiger partial charge >= 0.3 is 6.18 Å². The van der Waals surface area contributed by atoms with Crippen molar-refractivity contribution in [1.82, 2.24) is 15.2 Å². The van der Waals surface area contributed by atoms with Gasteiger partial charge in [-0.15, -0.1) is 5.10 Å². The Morgan fingerprint density at radius 2 is 1.91 bits per heavy atom. The van der Waals surface area contributed by atoms with Crippen LogP contribution in [0.2, 0.25) is 5.02 Å². The Bertz CT molecular complexity index is 701. The van der Waals surface area contributed by atoms with E-state index in [4.69, 9.17) is 11.6 Å². The summed E-state index contributed by atoms with van der Waals surface area (Å²) in [6.07, 6.45) is -0.916. The average molecular weight is 344 g/mol. The van der Waals surface area contributed by atoms with Crippen LogP contribution in [0.3, 0.4) is 0 Å². The van der Waals surface area contributed by atoms with E-state index in [1.165, 1.54) is 18.3 Å². The van der Waals surface area contributed by atoms with Crippen molar-refractivity contribution in [3.8, 4) is 0 Å². The van der Waals surface area contributed by atoms with Crippen molar-refractivity contribution in [2.24, 2.45) is 0 Å². The van der Waals surface area contributed by atoms with Crippen molar-refractivity contribution < 1.29 is 13.2 Å². The molecule has 1 aromatic heterocycles. The summed E-state index contributed by atoms with van der Waals surface area (Å²) >= 11 is 5.66. The Balaban J connectivity index is 1.89. The van der Waals surface area contributed by atoms with Gasteiger partial charge in [0.25, 0.3) is 0 Å². The van der Waals surface area contributed by atoms with Crippen LogP contribution < -0.4 is 10.2 Å². The Morgan fingerprint density at radius 1 is 1.17 bits per heavy atom. The van der Waals surface area contributed by atoms with Crippen LogP contribution in [0.4, 0.5) is 30.6 Å². The summed E-state index contributed by atoms with van der Waals surface area (Å²) in [6, 6.07) is 3.48. The molecule has 1 aliphatic rings. The number of rotatable bonds is 3. The van der Waals surface area contributed by atoms with E-state index >= 15 is 0 Å². The second kappa shape index (κ2) is 6.19. The fourth-order valence-corrected chi connectivity index (χ4v) is 2.60. The molecule has 1 aromatic carbocycles. The average Bonchev–Trinajstić information content (AvgIpc) is 3.03. The Labute approximate surface area is 135 Å². The molecule has 0 radical (unpaired) electrons. The molecule has 0 aliphatic carbocycles. The van der Waals surface area contributed by atoms with E-state index in [2.05, 4.69) is 20.5 Å². The van der Waals surface area contributed by atoms with Crippen molar-refractivity contribution in [3.05, 3.63) is 35.0 Å². The second-order valence-electron chi connectivity index (χ2n) is 5.14. The standard InChI is InChI=1S/C14H13ClF3N5/c15-9-3-4-11(10(7-9)14(16,17)18)20-13-21-12(8-19-22-13)23-5-1-2-6-23/h3-4,7-8H,1-2,5-6H2,(H,20,21,22). The summed E-state index contributed by atoms with van der Waals surface area (Å²) in [4.78, 5) is 6.26. The zero-order valence-corrected chi connectivity index (χ0v) is 12.7. The highest BCUT2D eigenvalue weighted by molar-refractivity contribution is 6.30. The molecular weight excluding hydrogens is 331 g/mol. The maximum Gasteiger partial charge on any atom is 0.418 e. The number of nitrogens with one attached hydrogen (secondary N) is 1. The van der Waals surface area contributed by atoms with Gasteiger partial charge in [-0.3, -0.25) is 0 Å². The van der Waals surface area contributed by atoms with Crippen LogP contribution >= 0.6 is 11.6 Å². The van der Waals surface area contributed by atoms with Gasteiger partial charge in [-0.2, -0.15) is 23.3 Å². The summed E-state index contributed by atoms with van der Waals surface area (Å²) < 4.78 is 39.3. The normalized spacial score (nSPS) is 15.0. The van der Waals surface area contributed by atoms with Crippen LogP contribution in [0.1, 0.15) is 18.4 Å². The minimum Gasteiger partial charge on any atom is -0.355 e. The minimum atomic E-state index is -4.53. The largest absolute Gasteiger partial charge is 0.418 e. The number of halogens is 4. The molecule has 0 unspecified atom stereocenters. The summed E-state index contributed by atoms with van der Waals surface area (Å²) in [5.74, 6) is 0.616. The molecule has 0 bridgehead atoms. The van der Waals surface area contributed by atoms with Gasteiger partial charge in [0.05, 0.1) is 17.4 Å². The summed E-state index contributed by atoms with van der Waals surface area (Å²) in [5, 5.41) is 10.2. The Morgan fingerprint density at radius 3 is 2.61 bits per heavy atom. The minimum absolute atomic E-state index is 0.00716. The molecule has 0 saturated carbocycles. The molecule has 2 aromatic rings. The van der Waals surface area contributed by atoms with E-state index in [-0.39, 0.29) is 16.7 Å². The highest BCUT2D eigenvalue weighted by Crippen LogP contribution is 2.37. The van der Waals surface area contributed by atoms with E-state index < -0.39 is 11.7 Å². The van der Waals surface area contributed by atoms with E-state index in [1.807, 2.05) is 4.90 Å². The lowest BCUT2D eigenvalue weighted by molar-refractivity contribution is -0.136. The smallest absolute Gasteiger partial charge is 0.355 e. The molecule has 1 fully saturated rings. The third-order valence-electron chi connectivity index (χ3n) is 3.51. The molecule has 0 atom stereocenters. The number of alkyl halides is 3. The van der Waals surface area contributed by atoms with Crippen molar-refractivity contribution in [3.63, 3.8) is 0 Å². The fraction of sp³-hybridized carbons (Fsp3) is 0.357. The van der Waals surface area contributed by atoms with Crippen LogP contribution in [-0.4, -0.2) is 28.3 Å². The molecule has 23 heavy (non-hydrogen) atoms. The maximum atomic E-state index is 13.1. The van der Waals surface area contributed by atoms with E-state index in [0.717, 1.165) is 32.0 Å². The lowest BCUT2D eigenvalue weighted by Crippen LogP contribution is -2.20. The van der Waals surface area contributed by atoms with Gasteiger partial charge in [0.15, 0.2) is 5.82 Å². The van der Waals surface area contributed by atoms with Gasteiger partial charge in [0, 0.05) is 18.1 Å². The van der Waals surface area contributed by atoms with Crippen LogP contribution in [-0.2, 0) is 6.18 Å². The third kappa shape index (κ3) is 3.64. The molecule has 9 heteroatoms. The number of benzene rings is 1. The van der Waals surface area contributed by atoms with Crippen LogP contribution in [0.15, 0.2) is 24.4 Å². The Kier molecular flexibility index (Phi) is 4.25. The van der Waals surface area contributed by atoms with Gasteiger partial charge in [-0.25, -0.2) is 0 Å². The first-order chi connectivity index (χ1) is 10.9. The molecule has 1 aliphatic heterocycles. The predicted molar refractivity (Wildman–Crippen MR) is 81.0 cm³/mol. The van der Waals surface area contributed by atoms with Gasteiger partial charge in [-0.05, 0) is 31.0 Å². The lowest BCUT2D eigenvalue weighted by Gasteiger charge is -2.17. The first-order valence-corrected chi connectivity index (χ1v) is 7.40. The maximum absolute atomic E-state index is 13.1. The topological polar surface area (TPSA) is 53.9 Å². The molecule has 5 nitrogen and oxygen atoms in total. The van der Waals surface area contributed by atoms with Crippen molar-refractivity contribution in [1.29, 1.82) is 0 Å². The quantitative estimate of drug-likeness (QED) is 0.916. The molecule has 3 rings (SSSR count). The van der Waals surface area contributed by atoms with Crippen molar-refractivity contribution in [2.75, 3.05) is 23.3 Å². The number of hydrogen-bond acceptors (Lipinski definition) is 5. The summed E-state index contributed by atoms with van der Waals surface area (Å²) in [5.41, 5.74) is -1.04. The second-order valence-corrected chi connectivity index (χ2v) is 5.58. The molecule has 1 N–H and O–H groups in total. The highest BCUT2D eigenvalue weighted by Gasteiger charge is 2.34. The monoisotopic (exact) mass is 343 g/mol. The van der Waals surface area contributed by atoms with E-state index in [9.17, 15) is 13.2 Å². The molecule has 0 spiro atoms. The van der Waals surface area contributed by atoms with Crippen LogP contribution in [0, 0.1) is 0 Å². The number of aromatic nitrogens is 3. The first kappa shape index (κ1) is 15.8.